The summed E-state index contributed by atoms with van der Waals surface area (Å²) in [5.41, 5.74) is 2.56. The maximum atomic E-state index is 10.8. The first kappa shape index (κ1) is 12.9. The summed E-state index contributed by atoms with van der Waals surface area (Å²) in [5, 5.41) is 12.1. The van der Waals surface area contributed by atoms with Crippen LogP contribution in [0, 0.1) is 0 Å². The number of rotatable bonds is 4. The van der Waals surface area contributed by atoms with Gasteiger partial charge in [-0.05, 0) is 56.5 Å². The second kappa shape index (κ2) is 5.40. The second-order valence-electron chi connectivity index (χ2n) is 4.69. The molecule has 0 radical (unpaired) electrons. The summed E-state index contributed by atoms with van der Waals surface area (Å²) in [6.45, 7) is 1.54. The first-order valence-electron chi connectivity index (χ1n) is 6.31. The van der Waals surface area contributed by atoms with Crippen molar-refractivity contribution in [1.29, 1.82) is 0 Å². The van der Waals surface area contributed by atoms with Crippen molar-refractivity contribution in [2.24, 2.45) is 0 Å². The fraction of sp³-hybridized carbons (Fsp3) is 0.500. The van der Waals surface area contributed by atoms with Crippen molar-refractivity contribution >= 4 is 5.97 Å². The number of fused-ring (bicyclic) bond motifs is 1. The molecular formula is C14H19NO3. The van der Waals surface area contributed by atoms with E-state index >= 15 is 0 Å². The Morgan fingerprint density at radius 3 is 3.00 bits per heavy atom. The molecule has 0 aliphatic heterocycles. The van der Waals surface area contributed by atoms with Crippen molar-refractivity contribution in [2.45, 2.75) is 38.3 Å². The van der Waals surface area contributed by atoms with E-state index in [1.807, 2.05) is 25.2 Å². The van der Waals surface area contributed by atoms with Gasteiger partial charge in [0.2, 0.25) is 0 Å². The normalized spacial score (nSPS) is 20.0. The van der Waals surface area contributed by atoms with Gasteiger partial charge in [0.1, 0.15) is 5.75 Å². The third kappa shape index (κ3) is 2.64. The van der Waals surface area contributed by atoms with Crippen LogP contribution in [0.25, 0.3) is 0 Å². The lowest BCUT2D eigenvalue weighted by atomic mass is 9.87. The number of hydrogen-bond acceptors (Lipinski definition) is 3. The zero-order chi connectivity index (χ0) is 13.1. The highest BCUT2D eigenvalue weighted by Gasteiger charge is 2.20. The molecule has 18 heavy (non-hydrogen) atoms. The molecule has 0 saturated heterocycles. The number of aryl methyl sites for hydroxylation is 1. The molecule has 4 nitrogen and oxygen atoms in total. The van der Waals surface area contributed by atoms with Gasteiger partial charge in [0, 0.05) is 6.04 Å². The zero-order valence-electron chi connectivity index (χ0n) is 10.8. The smallest absolute Gasteiger partial charge is 0.344 e. The van der Waals surface area contributed by atoms with E-state index in [-0.39, 0.29) is 0 Å². The van der Waals surface area contributed by atoms with Gasteiger partial charge in [-0.1, -0.05) is 6.07 Å². The fourth-order valence-electron chi connectivity index (χ4n) is 2.40. The maximum Gasteiger partial charge on any atom is 0.344 e. The molecule has 1 aliphatic carbocycles. The van der Waals surface area contributed by atoms with Gasteiger partial charge >= 0.3 is 5.97 Å². The van der Waals surface area contributed by atoms with E-state index in [1.165, 1.54) is 24.5 Å². The Labute approximate surface area is 107 Å². The number of benzene rings is 1. The summed E-state index contributed by atoms with van der Waals surface area (Å²) in [6.07, 6.45) is 2.56. The highest BCUT2D eigenvalue weighted by atomic mass is 16.5. The van der Waals surface area contributed by atoms with Crippen LogP contribution in [0.2, 0.25) is 0 Å². The van der Waals surface area contributed by atoms with Gasteiger partial charge < -0.3 is 15.2 Å². The number of nitrogens with one attached hydrogen (secondary N) is 1. The topological polar surface area (TPSA) is 58.6 Å². The summed E-state index contributed by atoms with van der Waals surface area (Å²) in [6, 6.07) is 6.21. The summed E-state index contributed by atoms with van der Waals surface area (Å²) in [4.78, 5) is 10.8. The summed E-state index contributed by atoms with van der Waals surface area (Å²) < 4.78 is 5.41. The van der Waals surface area contributed by atoms with E-state index < -0.39 is 12.1 Å². The van der Waals surface area contributed by atoms with E-state index in [0.717, 1.165) is 12.8 Å². The summed E-state index contributed by atoms with van der Waals surface area (Å²) in [5.74, 6) is -0.316. The molecule has 0 heterocycles. The van der Waals surface area contributed by atoms with Gasteiger partial charge in [0.25, 0.3) is 0 Å². The second-order valence-corrected chi connectivity index (χ2v) is 4.69. The molecular weight excluding hydrogens is 230 g/mol. The molecule has 1 aromatic rings. The Bertz CT molecular complexity index is 445. The Hall–Kier alpha value is -1.55. The van der Waals surface area contributed by atoms with Gasteiger partial charge in [-0.2, -0.15) is 0 Å². The van der Waals surface area contributed by atoms with Crippen LogP contribution in [-0.4, -0.2) is 24.2 Å². The lowest BCUT2D eigenvalue weighted by Crippen LogP contribution is -2.24. The largest absolute Gasteiger partial charge is 0.479 e. The van der Waals surface area contributed by atoms with E-state index in [0.29, 0.717) is 11.8 Å². The third-order valence-corrected chi connectivity index (χ3v) is 3.44. The lowest BCUT2D eigenvalue weighted by Gasteiger charge is -2.26. The van der Waals surface area contributed by atoms with Crippen molar-refractivity contribution in [3.05, 3.63) is 29.3 Å². The first-order chi connectivity index (χ1) is 8.61. The maximum absolute atomic E-state index is 10.8. The summed E-state index contributed by atoms with van der Waals surface area (Å²) in [7, 11) is 1.95. The molecule has 2 unspecified atom stereocenters. The molecule has 4 heteroatoms. The van der Waals surface area contributed by atoms with Gasteiger partial charge in [-0.3, -0.25) is 0 Å². The molecule has 0 amide bonds. The molecule has 1 aromatic carbocycles. The zero-order valence-corrected chi connectivity index (χ0v) is 10.8. The van der Waals surface area contributed by atoms with Crippen LogP contribution in [0.1, 0.15) is 36.9 Å². The van der Waals surface area contributed by atoms with Gasteiger partial charge in [0.05, 0.1) is 0 Å². The Balaban J connectivity index is 2.22. The van der Waals surface area contributed by atoms with Crippen LogP contribution in [-0.2, 0) is 11.2 Å². The highest BCUT2D eigenvalue weighted by Crippen LogP contribution is 2.32. The van der Waals surface area contributed by atoms with Crippen molar-refractivity contribution in [1.82, 2.24) is 5.32 Å². The van der Waals surface area contributed by atoms with Crippen LogP contribution < -0.4 is 10.1 Å². The van der Waals surface area contributed by atoms with Crippen molar-refractivity contribution in [2.75, 3.05) is 7.05 Å². The number of carboxylic acid groups (broad SMARTS) is 1. The van der Waals surface area contributed by atoms with E-state index in [9.17, 15) is 4.79 Å². The molecule has 2 N–H and O–H groups in total. The minimum atomic E-state index is -0.946. The minimum Gasteiger partial charge on any atom is -0.479 e. The van der Waals surface area contributed by atoms with Crippen LogP contribution in [0.15, 0.2) is 18.2 Å². The quantitative estimate of drug-likeness (QED) is 0.858. The minimum absolute atomic E-state index is 0.345. The third-order valence-electron chi connectivity index (χ3n) is 3.44. The molecule has 0 aromatic heterocycles. The predicted octanol–water partition coefficient (Wildman–Crippen LogP) is 2.14. The fourth-order valence-corrected chi connectivity index (χ4v) is 2.40. The lowest BCUT2D eigenvalue weighted by molar-refractivity contribution is -0.144. The van der Waals surface area contributed by atoms with E-state index in [1.54, 1.807) is 0 Å². The van der Waals surface area contributed by atoms with Gasteiger partial charge in [0.15, 0.2) is 6.10 Å². The van der Waals surface area contributed by atoms with Crippen LogP contribution >= 0.6 is 0 Å². The van der Waals surface area contributed by atoms with E-state index in [4.69, 9.17) is 9.84 Å². The van der Waals surface area contributed by atoms with Crippen molar-refractivity contribution in [3.8, 4) is 5.75 Å². The van der Waals surface area contributed by atoms with Crippen LogP contribution in [0.5, 0.6) is 5.75 Å². The Kier molecular flexibility index (Phi) is 3.87. The number of carbonyl (C=O) groups is 1. The van der Waals surface area contributed by atoms with Crippen LogP contribution in [0.4, 0.5) is 0 Å². The average Bonchev–Trinajstić information content (AvgIpc) is 2.37. The van der Waals surface area contributed by atoms with Crippen molar-refractivity contribution < 1.29 is 14.6 Å². The highest BCUT2D eigenvalue weighted by molar-refractivity contribution is 5.72. The Morgan fingerprint density at radius 2 is 2.33 bits per heavy atom. The molecule has 0 bridgehead atoms. The molecule has 2 atom stereocenters. The van der Waals surface area contributed by atoms with Gasteiger partial charge in [-0.25, -0.2) is 4.79 Å². The molecule has 0 saturated carbocycles. The number of aliphatic carboxylic acids is 1. The molecule has 1 aliphatic rings. The number of ether oxygens (including phenoxy) is 1. The van der Waals surface area contributed by atoms with Crippen molar-refractivity contribution in [3.63, 3.8) is 0 Å². The van der Waals surface area contributed by atoms with E-state index in [2.05, 4.69) is 5.32 Å². The number of carboxylic acids is 1. The predicted molar refractivity (Wildman–Crippen MR) is 68.9 cm³/mol. The summed E-state index contributed by atoms with van der Waals surface area (Å²) >= 11 is 0. The standard InChI is InChI=1S/C14H19NO3/c1-9(14(16)17)18-11-7-6-10-4-3-5-13(15-2)12(10)8-11/h6-9,13,15H,3-5H2,1-2H3,(H,16,17). The molecule has 2 rings (SSSR count). The van der Waals surface area contributed by atoms with Crippen LogP contribution in [0.3, 0.4) is 0 Å². The molecule has 98 valence electrons. The molecule has 0 fully saturated rings. The van der Waals surface area contributed by atoms with Gasteiger partial charge in [-0.15, -0.1) is 0 Å². The average molecular weight is 249 g/mol. The number of hydrogen-bond donors (Lipinski definition) is 2. The SMILES string of the molecule is CNC1CCCc2ccc(OC(C)C(=O)O)cc21. The molecule has 0 spiro atoms. The first-order valence-corrected chi connectivity index (χ1v) is 6.31. The Morgan fingerprint density at radius 1 is 1.56 bits per heavy atom. The monoisotopic (exact) mass is 249 g/mol.